The lowest BCUT2D eigenvalue weighted by atomic mass is 9.41. The first-order valence-corrected chi connectivity index (χ1v) is 16.4. The van der Waals surface area contributed by atoms with Crippen LogP contribution in [-0.4, -0.2) is 11.4 Å². The van der Waals surface area contributed by atoms with Gasteiger partial charge in [0.25, 0.3) is 0 Å². The Bertz CT molecular complexity index is 2620. The number of anilines is 5. The van der Waals surface area contributed by atoms with E-state index in [9.17, 15) is 0 Å². The van der Waals surface area contributed by atoms with Gasteiger partial charge in [-0.2, -0.15) is 0 Å². The van der Waals surface area contributed by atoms with E-state index in [1.165, 1.54) is 94.7 Å². The second kappa shape index (κ2) is 9.05. The highest BCUT2D eigenvalue weighted by atomic mass is 15.2. The Morgan fingerprint density at radius 3 is 1.89 bits per heavy atom. The molecule has 3 aliphatic rings. The van der Waals surface area contributed by atoms with Gasteiger partial charge >= 0.3 is 6.85 Å². The molecule has 4 heteroatoms. The van der Waals surface area contributed by atoms with Crippen LogP contribution >= 0.6 is 0 Å². The van der Waals surface area contributed by atoms with Gasteiger partial charge in [0.05, 0.1) is 11.0 Å². The van der Waals surface area contributed by atoms with Gasteiger partial charge in [-0.25, -0.2) is 0 Å². The van der Waals surface area contributed by atoms with Crippen LogP contribution in [0.15, 0.2) is 152 Å². The van der Waals surface area contributed by atoms with Gasteiger partial charge in [0, 0.05) is 56.0 Å². The molecule has 0 fully saturated rings. The Balaban J connectivity index is 1.24. The molecule has 0 unspecified atom stereocenters. The molecule has 0 radical (unpaired) electrons. The van der Waals surface area contributed by atoms with Crippen LogP contribution in [0, 0.1) is 6.92 Å². The summed E-state index contributed by atoms with van der Waals surface area (Å²) in [4.78, 5) is 5.13. The number of rotatable bonds is 2. The molecule has 0 N–H and O–H groups in total. The molecule has 8 aromatic rings. The highest BCUT2D eigenvalue weighted by Gasteiger charge is 2.48. The second-order valence-electron chi connectivity index (χ2n) is 13.0. The van der Waals surface area contributed by atoms with Gasteiger partial charge in [0.2, 0.25) is 0 Å². The third-order valence-electron chi connectivity index (χ3n) is 10.5. The van der Waals surface area contributed by atoms with Crippen molar-refractivity contribution in [1.82, 2.24) is 4.57 Å². The molecule has 0 saturated carbocycles. The summed E-state index contributed by atoms with van der Waals surface area (Å²) in [7, 11) is 0. The first-order valence-electron chi connectivity index (χ1n) is 16.4. The van der Waals surface area contributed by atoms with Crippen LogP contribution in [-0.2, 0) is 0 Å². The number of hydrogen-bond acceptors (Lipinski definition) is 2. The Morgan fingerprint density at radius 1 is 0.426 bits per heavy atom. The maximum absolute atomic E-state index is 2.61. The second-order valence-corrected chi connectivity index (χ2v) is 13.0. The smallest absolute Gasteiger partial charge is 0.333 e. The van der Waals surface area contributed by atoms with Gasteiger partial charge < -0.3 is 14.3 Å². The standard InChI is InChI=1S/C43H28BN3/c1-27-21-23-39-34(25-27)33-16-10-20-41-43(33)44-42-32(30-13-6-8-18-38(30)47(39)44)15-9-19-40(42)46(41)29-22-24-37-35(26-29)31-14-5-7-17-36(31)45(37)28-11-3-2-4-12-28/h2-26H,1H3. The molecule has 7 aromatic carbocycles. The molecule has 0 saturated heterocycles. The van der Waals surface area contributed by atoms with E-state index < -0.39 is 0 Å². The summed E-state index contributed by atoms with van der Waals surface area (Å²) in [5.41, 5.74) is 19.1. The number of para-hydroxylation sites is 3. The van der Waals surface area contributed by atoms with Crippen molar-refractivity contribution in [3.05, 3.63) is 157 Å². The first-order chi connectivity index (χ1) is 23.3. The van der Waals surface area contributed by atoms with Gasteiger partial charge in [-0.1, -0.05) is 90.5 Å². The number of benzene rings is 7. The highest BCUT2D eigenvalue weighted by molar-refractivity contribution is 6.95. The van der Waals surface area contributed by atoms with Crippen molar-refractivity contribution in [1.29, 1.82) is 0 Å². The molecule has 0 spiro atoms. The van der Waals surface area contributed by atoms with Crippen molar-refractivity contribution in [2.24, 2.45) is 0 Å². The van der Waals surface area contributed by atoms with Crippen LogP contribution in [0.1, 0.15) is 5.56 Å². The zero-order chi connectivity index (χ0) is 30.8. The topological polar surface area (TPSA) is 11.4 Å². The van der Waals surface area contributed by atoms with Crippen LogP contribution in [0.2, 0.25) is 0 Å². The van der Waals surface area contributed by atoms with E-state index in [-0.39, 0.29) is 6.85 Å². The van der Waals surface area contributed by atoms with Crippen molar-refractivity contribution in [2.45, 2.75) is 6.92 Å². The van der Waals surface area contributed by atoms with Gasteiger partial charge in [-0.3, -0.25) is 0 Å². The molecule has 1 aromatic heterocycles. The minimum atomic E-state index is 0.0949. The maximum Gasteiger partial charge on any atom is 0.333 e. The molecule has 3 aliphatic heterocycles. The highest BCUT2D eigenvalue weighted by Crippen LogP contribution is 2.51. The quantitative estimate of drug-likeness (QED) is 0.184. The van der Waals surface area contributed by atoms with Crippen LogP contribution in [0.5, 0.6) is 0 Å². The van der Waals surface area contributed by atoms with E-state index in [0.29, 0.717) is 0 Å². The van der Waals surface area contributed by atoms with Gasteiger partial charge in [0.1, 0.15) is 0 Å². The summed E-state index contributed by atoms with van der Waals surface area (Å²) in [6.45, 7) is 2.30. The zero-order valence-corrected chi connectivity index (χ0v) is 25.9. The van der Waals surface area contributed by atoms with Crippen LogP contribution in [0.4, 0.5) is 28.4 Å². The number of fused-ring (bicyclic) bond motifs is 9. The minimum Gasteiger partial charge on any atom is -0.376 e. The third kappa shape index (κ3) is 3.22. The normalized spacial score (nSPS) is 13.5. The lowest BCUT2D eigenvalue weighted by molar-refractivity contribution is 1.18. The maximum atomic E-state index is 2.61. The zero-order valence-electron chi connectivity index (χ0n) is 25.9. The molecule has 11 rings (SSSR count). The largest absolute Gasteiger partial charge is 0.376 e. The first kappa shape index (κ1) is 25.2. The van der Waals surface area contributed by atoms with Crippen molar-refractivity contribution < 1.29 is 0 Å². The van der Waals surface area contributed by atoms with Crippen LogP contribution in [0.3, 0.4) is 0 Å². The Kier molecular flexibility index (Phi) is 4.86. The Morgan fingerprint density at radius 2 is 1.06 bits per heavy atom. The molecule has 0 bridgehead atoms. The van der Waals surface area contributed by atoms with Crippen LogP contribution < -0.4 is 20.6 Å². The summed E-state index contributed by atoms with van der Waals surface area (Å²) in [5, 5.41) is 2.52. The monoisotopic (exact) mass is 597 g/mol. The van der Waals surface area contributed by atoms with E-state index in [0.717, 1.165) is 0 Å². The fourth-order valence-electron chi connectivity index (χ4n) is 8.70. The van der Waals surface area contributed by atoms with E-state index in [1.807, 2.05) is 0 Å². The number of aryl methyl sites for hydroxylation is 1. The summed E-state index contributed by atoms with van der Waals surface area (Å²) >= 11 is 0. The van der Waals surface area contributed by atoms with E-state index in [2.05, 4.69) is 173 Å². The molecular weight excluding hydrogens is 569 g/mol. The third-order valence-corrected chi connectivity index (χ3v) is 10.5. The Labute approximate surface area is 273 Å². The molecule has 3 nitrogen and oxygen atoms in total. The van der Waals surface area contributed by atoms with Gasteiger partial charge in [0.15, 0.2) is 0 Å². The predicted molar refractivity (Wildman–Crippen MR) is 198 cm³/mol. The number of hydrogen-bond donors (Lipinski definition) is 0. The average Bonchev–Trinajstić information content (AvgIpc) is 3.46. The van der Waals surface area contributed by atoms with Crippen LogP contribution in [0.25, 0.3) is 49.7 Å². The van der Waals surface area contributed by atoms with Crippen molar-refractivity contribution in [3.63, 3.8) is 0 Å². The number of aromatic nitrogens is 1. The minimum absolute atomic E-state index is 0.0949. The van der Waals surface area contributed by atoms with Gasteiger partial charge in [-0.15, -0.1) is 0 Å². The van der Waals surface area contributed by atoms with Crippen molar-refractivity contribution >= 4 is 68.0 Å². The molecule has 4 heterocycles. The molecule has 47 heavy (non-hydrogen) atoms. The SMILES string of the molecule is Cc1ccc2c(c1)-c1cccc3c1B1c4c(cccc4N3c3ccc4c(c3)c3ccccc3n4-c3ccccc3)-c3ccccc3N12. The summed E-state index contributed by atoms with van der Waals surface area (Å²) in [6, 6.07) is 56.2. The van der Waals surface area contributed by atoms with Gasteiger partial charge in [-0.05, 0) is 95.7 Å². The summed E-state index contributed by atoms with van der Waals surface area (Å²) in [6.07, 6.45) is 0. The summed E-state index contributed by atoms with van der Waals surface area (Å²) in [5.74, 6) is 0. The van der Waals surface area contributed by atoms with Crippen molar-refractivity contribution in [2.75, 3.05) is 9.71 Å². The van der Waals surface area contributed by atoms with E-state index in [4.69, 9.17) is 0 Å². The molecule has 0 atom stereocenters. The average molecular weight is 598 g/mol. The fourth-order valence-corrected chi connectivity index (χ4v) is 8.70. The number of nitrogens with zero attached hydrogens (tertiary/aromatic N) is 3. The van der Waals surface area contributed by atoms with E-state index in [1.54, 1.807) is 0 Å². The summed E-state index contributed by atoms with van der Waals surface area (Å²) < 4.78 is 2.39. The molecule has 0 aliphatic carbocycles. The molecule has 0 amide bonds. The molecular formula is C43H28BN3. The lowest BCUT2D eigenvalue weighted by Crippen LogP contribution is -2.63. The van der Waals surface area contributed by atoms with E-state index >= 15 is 0 Å². The molecule has 218 valence electrons. The fraction of sp³-hybridized carbons (Fsp3) is 0.0233. The predicted octanol–water partition coefficient (Wildman–Crippen LogP) is 9.78. The Hall–Kier alpha value is -6.00. The van der Waals surface area contributed by atoms with Crippen molar-refractivity contribution in [3.8, 4) is 27.9 Å². The lowest BCUT2D eigenvalue weighted by Gasteiger charge is -2.49.